The van der Waals surface area contributed by atoms with E-state index in [1.54, 1.807) is 13.0 Å². The van der Waals surface area contributed by atoms with Crippen LogP contribution < -0.4 is 10.6 Å². The molecule has 1 amide bonds. The first-order valence-electron chi connectivity index (χ1n) is 6.06. The minimum absolute atomic E-state index is 0.101. The molecule has 1 heterocycles. The molecule has 0 radical (unpaired) electrons. The number of rotatable bonds is 5. The third-order valence-corrected chi connectivity index (χ3v) is 2.43. The lowest BCUT2D eigenvalue weighted by Gasteiger charge is -2.23. The molecule has 106 valence electrons. The van der Waals surface area contributed by atoms with Crippen LogP contribution in [0.4, 0.5) is 0 Å². The van der Waals surface area contributed by atoms with E-state index in [1.807, 2.05) is 20.8 Å². The van der Waals surface area contributed by atoms with E-state index in [-0.39, 0.29) is 23.8 Å². The first-order chi connectivity index (χ1) is 8.70. The van der Waals surface area contributed by atoms with E-state index in [1.165, 1.54) is 6.26 Å². The zero-order chi connectivity index (χ0) is 14.6. The summed E-state index contributed by atoms with van der Waals surface area (Å²) < 4.78 is 4.86. The summed E-state index contributed by atoms with van der Waals surface area (Å²) in [6.45, 7) is 7.68. The lowest BCUT2D eigenvalue weighted by Crippen LogP contribution is -2.49. The number of carbonyl (C=O) groups is 2. The van der Waals surface area contributed by atoms with Crippen molar-refractivity contribution in [3.05, 3.63) is 23.7 Å². The van der Waals surface area contributed by atoms with Gasteiger partial charge >= 0.3 is 5.97 Å². The minimum Gasteiger partial charge on any atom is -0.475 e. The zero-order valence-corrected chi connectivity index (χ0v) is 11.6. The van der Waals surface area contributed by atoms with Crippen LogP contribution in [0.25, 0.3) is 0 Å². The second-order valence-corrected chi connectivity index (χ2v) is 5.42. The molecular formula is C13H20N2O4. The third kappa shape index (κ3) is 4.75. The van der Waals surface area contributed by atoms with E-state index < -0.39 is 12.0 Å². The van der Waals surface area contributed by atoms with Crippen molar-refractivity contribution in [3.63, 3.8) is 0 Å². The Balaban J connectivity index is 2.54. The maximum absolute atomic E-state index is 11.8. The van der Waals surface area contributed by atoms with Crippen LogP contribution >= 0.6 is 0 Å². The Labute approximate surface area is 112 Å². The summed E-state index contributed by atoms with van der Waals surface area (Å²) in [5, 5.41) is 14.7. The van der Waals surface area contributed by atoms with Gasteiger partial charge in [-0.1, -0.05) is 0 Å². The topological polar surface area (TPSA) is 91.6 Å². The SMILES string of the molecule is CC(NCc1ccoc1C(=O)O)C(=O)NC(C)(C)C. The van der Waals surface area contributed by atoms with Gasteiger partial charge in [0.05, 0.1) is 12.3 Å². The molecule has 1 aromatic heterocycles. The van der Waals surface area contributed by atoms with Gasteiger partial charge in [-0.3, -0.25) is 4.79 Å². The maximum atomic E-state index is 11.8. The van der Waals surface area contributed by atoms with Gasteiger partial charge in [0.2, 0.25) is 11.7 Å². The molecule has 1 rings (SSSR count). The van der Waals surface area contributed by atoms with Crippen molar-refractivity contribution in [2.24, 2.45) is 0 Å². The average Bonchev–Trinajstić information content (AvgIpc) is 2.71. The molecule has 0 aliphatic carbocycles. The van der Waals surface area contributed by atoms with Gasteiger partial charge in [0, 0.05) is 17.6 Å². The van der Waals surface area contributed by atoms with Crippen LogP contribution in [-0.4, -0.2) is 28.6 Å². The highest BCUT2D eigenvalue weighted by Gasteiger charge is 2.20. The monoisotopic (exact) mass is 268 g/mol. The van der Waals surface area contributed by atoms with Crippen LogP contribution in [0.5, 0.6) is 0 Å². The van der Waals surface area contributed by atoms with E-state index in [2.05, 4.69) is 10.6 Å². The van der Waals surface area contributed by atoms with Crippen molar-refractivity contribution < 1.29 is 19.1 Å². The Hall–Kier alpha value is -1.82. The van der Waals surface area contributed by atoms with Gasteiger partial charge < -0.3 is 20.2 Å². The van der Waals surface area contributed by atoms with Crippen molar-refractivity contribution >= 4 is 11.9 Å². The Morgan fingerprint density at radius 3 is 2.58 bits per heavy atom. The van der Waals surface area contributed by atoms with Crippen molar-refractivity contribution in [1.82, 2.24) is 10.6 Å². The van der Waals surface area contributed by atoms with E-state index >= 15 is 0 Å². The second-order valence-electron chi connectivity index (χ2n) is 5.42. The molecule has 1 atom stereocenters. The largest absolute Gasteiger partial charge is 0.475 e. The summed E-state index contributed by atoms with van der Waals surface area (Å²) in [5.41, 5.74) is 0.220. The summed E-state index contributed by atoms with van der Waals surface area (Å²) in [6.07, 6.45) is 1.32. The van der Waals surface area contributed by atoms with E-state index in [9.17, 15) is 9.59 Å². The van der Waals surface area contributed by atoms with Crippen molar-refractivity contribution in [1.29, 1.82) is 0 Å². The van der Waals surface area contributed by atoms with Gasteiger partial charge in [-0.15, -0.1) is 0 Å². The number of hydrogen-bond donors (Lipinski definition) is 3. The Morgan fingerprint density at radius 1 is 1.42 bits per heavy atom. The normalized spacial score (nSPS) is 13.1. The standard InChI is InChI=1S/C13H20N2O4/c1-8(11(16)15-13(2,3)4)14-7-9-5-6-19-10(9)12(17)18/h5-6,8,14H,7H2,1-4H3,(H,15,16)(H,17,18). The first-order valence-corrected chi connectivity index (χ1v) is 6.06. The number of furan rings is 1. The summed E-state index contributed by atoms with van der Waals surface area (Å²) in [4.78, 5) is 22.7. The molecule has 0 spiro atoms. The number of carbonyl (C=O) groups excluding carboxylic acids is 1. The molecule has 6 nitrogen and oxygen atoms in total. The quantitative estimate of drug-likeness (QED) is 0.750. The lowest BCUT2D eigenvalue weighted by molar-refractivity contribution is -0.124. The number of carboxylic acids is 1. The zero-order valence-electron chi connectivity index (χ0n) is 11.6. The maximum Gasteiger partial charge on any atom is 0.372 e. The molecule has 0 bridgehead atoms. The number of hydrogen-bond acceptors (Lipinski definition) is 4. The van der Waals surface area contributed by atoms with Gasteiger partial charge in [-0.25, -0.2) is 4.79 Å². The highest BCUT2D eigenvalue weighted by molar-refractivity contribution is 5.86. The van der Waals surface area contributed by atoms with Crippen LogP contribution in [0.1, 0.15) is 43.8 Å². The van der Waals surface area contributed by atoms with Gasteiger partial charge in [-0.2, -0.15) is 0 Å². The molecule has 0 saturated carbocycles. The Bertz CT molecular complexity index is 459. The smallest absolute Gasteiger partial charge is 0.372 e. The van der Waals surface area contributed by atoms with Gasteiger partial charge in [0.15, 0.2) is 0 Å². The summed E-state index contributed by atoms with van der Waals surface area (Å²) in [6, 6.07) is 1.15. The number of aromatic carboxylic acids is 1. The van der Waals surface area contributed by atoms with E-state index in [4.69, 9.17) is 9.52 Å². The first kappa shape index (κ1) is 15.2. The fraction of sp³-hybridized carbons (Fsp3) is 0.538. The number of amides is 1. The second kappa shape index (κ2) is 5.88. The lowest BCUT2D eigenvalue weighted by atomic mass is 10.1. The van der Waals surface area contributed by atoms with Crippen LogP contribution in [0.15, 0.2) is 16.7 Å². The van der Waals surface area contributed by atoms with Crippen molar-refractivity contribution in [2.45, 2.75) is 45.8 Å². The highest BCUT2D eigenvalue weighted by Crippen LogP contribution is 2.10. The van der Waals surface area contributed by atoms with Crippen LogP contribution in [0, 0.1) is 0 Å². The molecule has 0 saturated heterocycles. The van der Waals surface area contributed by atoms with Crippen molar-refractivity contribution in [3.8, 4) is 0 Å². The summed E-state index contributed by atoms with van der Waals surface area (Å²) in [5.74, 6) is -1.35. The van der Waals surface area contributed by atoms with Gasteiger partial charge in [0.1, 0.15) is 0 Å². The number of carboxylic acid groups (broad SMARTS) is 1. The van der Waals surface area contributed by atoms with E-state index in [0.29, 0.717) is 5.56 Å². The molecule has 3 N–H and O–H groups in total. The van der Waals surface area contributed by atoms with Crippen LogP contribution in [-0.2, 0) is 11.3 Å². The molecular weight excluding hydrogens is 248 g/mol. The van der Waals surface area contributed by atoms with Gasteiger partial charge in [-0.05, 0) is 33.8 Å². The van der Waals surface area contributed by atoms with Crippen LogP contribution in [0.2, 0.25) is 0 Å². The van der Waals surface area contributed by atoms with Crippen LogP contribution in [0.3, 0.4) is 0 Å². The molecule has 0 aliphatic rings. The molecule has 19 heavy (non-hydrogen) atoms. The molecule has 1 unspecified atom stereocenters. The molecule has 1 aromatic rings. The van der Waals surface area contributed by atoms with Crippen molar-refractivity contribution in [2.75, 3.05) is 0 Å². The average molecular weight is 268 g/mol. The molecule has 0 aliphatic heterocycles. The third-order valence-electron chi connectivity index (χ3n) is 2.43. The molecule has 0 aromatic carbocycles. The number of nitrogens with one attached hydrogen (secondary N) is 2. The molecule has 0 fully saturated rings. The molecule has 6 heteroatoms. The van der Waals surface area contributed by atoms with E-state index in [0.717, 1.165) is 0 Å². The fourth-order valence-corrected chi connectivity index (χ4v) is 1.50. The summed E-state index contributed by atoms with van der Waals surface area (Å²) in [7, 11) is 0. The van der Waals surface area contributed by atoms with Gasteiger partial charge in [0.25, 0.3) is 0 Å². The minimum atomic E-state index is -1.12. The Kier molecular flexibility index (Phi) is 4.72. The summed E-state index contributed by atoms with van der Waals surface area (Å²) >= 11 is 0. The fourth-order valence-electron chi connectivity index (χ4n) is 1.50. The highest BCUT2D eigenvalue weighted by atomic mass is 16.4. The predicted octanol–water partition coefficient (Wildman–Crippen LogP) is 1.37. The predicted molar refractivity (Wildman–Crippen MR) is 69.9 cm³/mol. The Morgan fingerprint density at radius 2 is 2.05 bits per heavy atom.